The first kappa shape index (κ1) is 11.2. The van der Waals surface area contributed by atoms with Crippen molar-refractivity contribution in [2.45, 2.75) is 6.92 Å². The lowest BCUT2D eigenvalue weighted by Crippen LogP contribution is -2.01. The van der Waals surface area contributed by atoms with Gasteiger partial charge in [-0.1, -0.05) is 0 Å². The molecule has 0 bridgehead atoms. The Morgan fingerprint density at radius 3 is 2.47 bits per heavy atom. The number of benzene rings is 1. The van der Waals surface area contributed by atoms with Crippen LogP contribution in [-0.2, 0) is 0 Å². The van der Waals surface area contributed by atoms with Crippen LogP contribution in [0.5, 0.6) is 5.75 Å². The van der Waals surface area contributed by atoms with Crippen molar-refractivity contribution in [2.75, 3.05) is 7.11 Å². The van der Waals surface area contributed by atoms with Gasteiger partial charge in [-0.25, -0.2) is 9.48 Å². The van der Waals surface area contributed by atoms with Gasteiger partial charge in [0.25, 0.3) is 0 Å². The van der Waals surface area contributed by atoms with Gasteiger partial charge in [-0.05, 0) is 31.2 Å². The topological polar surface area (TPSA) is 64.3 Å². The predicted molar refractivity (Wildman–Crippen MR) is 61.8 cm³/mol. The summed E-state index contributed by atoms with van der Waals surface area (Å²) in [7, 11) is 1.59. The zero-order chi connectivity index (χ0) is 12.4. The summed E-state index contributed by atoms with van der Waals surface area (Å²) in [5.74, 6) is -0.272. The second-order valence-corrected chi connectivity index (χ2v) is 3.61. The zero-order valence-corrected chi connectivity index (χ0v) is 9.54. The number of nitrogens with zero attached hydrogens (tertiary/aromatic N) is 2. The molecule has 1 aromatic heterocycles. The van der Waals surface area contributed by atoms with Gasteiger partial charge in [0.15, 0.2) is 5.69 Å². The maximum absolute atomic E-state index is 10.9. The Morgan fingerprint density at radius 2 is 2.00 bits per heavy atom. The van der Waals surface area contributed by atoms with E-state index in [2.05, 4.69) is 5.10 Å². The standard InChI is InChI=1S/C12H12N2O3/c1-8-7-14(13-11(8)12(15)16)9-3-5-10(17-2)6-4-9/h3-7H,1-2H3,(H,15,16). The second-order valence-electron chi connectivity index (χ2n) is 3.61. The van der Waals surface area contributed by atoms with Crippen molar-refractivity contribution in [3.63, 3.8) is 0 Å². The Labute approximate surface area is 98.3 Å². The summed E-state index contributed by atoms with van der Waals surface area (Å²) in [6.07, 6.45) is 1.69. The first-order valence-electron chi connectivity index (χ1n) is 5.06. The third-order valence-corrected chi connectivity index (χ3v) is 2.44. The molecule has 0 aliphatic carbocycles. The van der Waals surface area contributed by atoms with E-state index in [9.17, 15) is 4.79 Å². The summed E-state index contributed by atoms with van der Waals surface area (Å²) in [4.78, 5) is 10.9. The van der Waals surface area contributed by atoms with E-state index in [4.69, 9.17) is 9.84 Å². The number of aryl methyl sites for hydroxylation is 1. The molecular formula is C12H12N2O3. The van der Waals surface area contributed by atoms with Gasteiger partial charge in [-0.15, -0.1) is 0 Å². The number of carboxylic acids is 1. The van der Waals surface area contributed by atoms with Crippen LogP contribution >= 0.6 is 0 Å². The van der Waals surface area contributed by atoms with Crippen LogP contribution in [0.15, 0.2) is 30.5 Å². The van der Waals surface area contributed by atoms with Crippen molar-refractivity contribution in [1.82, 2.24) is 9.78 Å². The van der Waals surface area contributed by atoms with Crippen molar-refractivity contribution in [3.8, 4) is 11.4 Å². The number of aromatic carboxylic acids is 1. The van der Waals surface area contributed by atoms with Crippen LogP contribution in [0.4, 0.5) is 0 Å². The number of aromatic nitrogens is 2. The van der Waals surface area contributed by atoms with Crippen molar-refractivity contribution < 1.29 is 14.6 Å². The molecule has 5 nitrogen and oxygen atoms in total. The molecule has 2 rings (SSSR count). The Bertz CT molecular complexity index is 543. The Balaban J connectivity index is 2.39. The molecule has 0 aliphatic rings. The summed E-state index contributed by atoms with van der Waals surface area (Å²) in [5.41, 5.74) is 1.50. The average Bonchev–Trinajstić information content (AvgIpc) is 2.71. The van der Waals surface area contributed by atoms with Crippen LogP contribution in [0.1, 0.15) is 16.1 Å². The molecule has 0 unspecified atom stereocenters. The first-order chi connectivity index (χ1) is 8.11. The fourth-order valence-electron chi connectivity index (χ4n) is 1.54. The third kappa shape index (κ3) is 2.13. The van der Waals surface area contributed by atoms with Crippen molar-refractivity contribution in [1.29, 1.82) is 0 Å². The summed E-state index contributed by atoms with van der Waals surface area (Å²) in [6, 6.07) is 7.23. The number of methoxy groups -OCH3 is 1. The maximum atomic E-state index is 10.9. The highest BCUT2D eigenvalue weighted by molar-refractivity contribution is 5.86. The fourth-order valence-corrected chi connectivity index (χ4v) is 1.54. The highest BCUT2D eigenvalue weighted by Crippen LogP contribution is 2.16. The van der Waals surface area contributed by atoms with E-state index in [-0.39, 0.29) is 5.69 Å². The molecule has 1 heterocycles. The molecule has 1 aromatic carbocycles. The van der Waals surface area contributed by atoms with Crippen LogP contribution in [0.25, 0.3) is 5.69 Å². The minimum absolute atomic E-state index is 0.0702. The summed E-state index contributed by atoms with van der Waals surface area (Å²) in [6.45, 7) is 1.72. The first-order valence-corrected chi connectivity index (χ1v) is 5.06. The van der Waals surface area contributed by atoms with Crippen LogP contribution < -0.4 is 4.74 Å². The molecule has 0 radical (unpaired) electrons. The normalized spacial score (nSPS) is 10.2. The van der Waals surface area contributed by atoms with Crippen molar-refractivity contribution in [3.05, 3.63) is 41.7 Å². The van der Waals surface area contributed by atoms with Crippen LogP contribution in [-0.4, -0.2) is 28.0 Å². The number of carbonyl (C=O) groups is 1. The summed E-state index contributed by atoms with van der Waals surface area (Å²) < 4.78 is 6.59. The van der Waals surface area contributed by atoms with Gasteiger partial charge >= 0.3 is 5.97 Å². The van der Waals surface area contributed by atoms with E-state index in [0.29, 0.717) is 5.56 Å². The lowest BCUT2D eigenvalue weighted by molar-refractivity contribution is 0.0689. The monoisotopic (exact) mass is 232 g/mol. The van der Waals surface area contributed by atoms with Gasteiger partial charge in [-0.3, -0.25) is 0 Å². The molecule has 0 saturated heterocycles. The number of hydrogen-bond donors (Lipinski definition) is 1. The van der Waals surface area contributed by atoms with Gasteiger partial charge in [0, 0.05) is 11.8 Å². The molecule has 0 amide bonds. The zero-order valence-electron chi connectivity index (χ0n) is 9.54. The number of rotatable bonds is 3. The van der Waals surface area contributed by atoms with Crippen molar-refractivity contribution >= 4 is 5.97 Å². The Hall–Kier alpha value is -2.30. The van der Waals surface area contributed by atoms with Crippen molar-refractivity contribution in [2.24, 2.45) is 0 Å². The Kier molecular flexibility index (Phi) is 2.82. The van der Waals surface area contributed by atoms with Gasteiger partial charge in [0.1, 0.15) is 5.75 Å². The molecule has 2 aromatic rings. The molecule has 1 N–H and O–H groups in total. The quantitative estimate of drug-likeness (QED) is 0.877. The molecule has 88 valence electrons. The number of ether oxygens (including phenoxy) is 1. The van der Waals surface area contributed by atoms with E-state index in [0.717, 1.165) is 11.4 Å². The van der Waals surface area contributed by atoms with E-state index < -0.39 is 5.97 Å². The largest absolute Gasteiger partial charge is 0.497 e. The minimum atomic E-state index is -1.02. The van der Waals surface area contributed by atoms with Crippen LogP contribution in [0, 0.1) is 6.92 Å². The lowest BCUT2D eigenvalue weighted by Gasteiger charge is -2.02. The smallest absolute Gasteiger partial charge is 0.356 e. The Morgan fingerprint density at radius 1 is 1.35 bits per heavy atom. The highest BCUT2D eigenvalue weighted by Gasteiger charge is 2.12. The molecule has 0 atom stereocenters. The highest BCUT2D eigenvalue weighted by atomic mass is 16.5. The third-order valence-electron chi connectivity index (χ3n) is 2.44. The summed E-state index contributed by atoms with van der Waals surface area (Å²) in [5, 5.41) is 12.9. The lowest BCUT2D eigenvalue weighted by atomic mass is 10.3. The van der Waals surface area contributed by atoms with Gasteiger partial charge in [-0.2, -0.15) is 5.10 Å². The van der Waals surface area contributed by atoms with Gasteiger partial charge in [0.2, 0.25) is 0 Å². The maximum Gasteiger partial charge on any atom is 0.356 e. The second kappa shape index (κ2) is 4.29. The molecule has 0 fully saturated rings. The summed E-state index contributed by atoms with van der Waals surface area (Å²) >= 11 is 0. The molecule has 17 heavy (non-hydrogen) atoms. The van der Waals surface area contributed by atoms with E-state index in [1.165, 1.54) is 4.68 Å². The minimum Gasteiger partial charge on any atom is -0.497 e. The number of hydrogen-bond acceptors (Lipinski definition) is 3. The molecule has 0 aliphatic heterocycles. The van der Waals surface area contributed by atoms with Gasteiger partial charge in [0.05, 0.1) is 12.8 Å². The predicted octanol–water partition coefficient (Wildman–Crippen LogP) is 1.89. The SMILES string of the molecule is COc1ccc(-n2cc(C)c(C(=O)O)n2)cc1. The molecule has 0 spiro atoms. The van der Waals surface area contributed by atoms with Gasteiger partial charge < -0.3 is 9.84 Å². The number of carboxylic acid groups (broad SMARTS) is 1. The molecule has 0 saturated carbocycles. The van der Waals surface area contributed by atoms with E-state index in [1.54, 1.807) is 32.4 Å². The molecular weight excluding hydrogens is 220 g/mol. The van der Waals surface area contributed by atoms with E-state index >= 15 is 0 Å². The molecule has 5 heteroatoms. The average molecular weight is 232 g/mol. The van der Waals surface area contributed by atoms with E-state index in [1.807, 2.05) is 12.1 Å². The van der Waals surface area contributed by atoms with Crippen LogP contribution in [0.2, 0.25) is 0 Å². The fraction of sp³-hybridized carbons (Fsp3) is 0.167. The van der Waals surface area contributed by atoms with Crippen LogP contribution in [0.3, 0.4) is 0 Å².